The molecule has 0 aliphatic rings. The summed E-state index contributed by atoms with van der Waals surface area (Å²) in [5, 5.41) is 0. The van der Waals surface area contributed by atoms with Crippen molar-refractivity contribution in [3.8, 4) is 11.5 Å². The lowest BCUT2D eigenvalue weighted by Gasteiger charge is -2.10. The molecule has 0 atom stereocenters. The summed E-state index contributed by atoms with van der Waals surface area (Å²) in [5.74, 6) is 1.69. The molecule has 0 unspecified atom stereocenters. The van der Waals surface area contributed by atoms with Crippen molar-refractivity contribution in [1.29, 1.82) is 0 Å². The van der Waals surface area contributed by atoms with Crippen LogP contribution in [0.5, 0.6) is 11.5 Å². The zero-order chi connectivity index (χ0) is 12.3. The molecule has 0 aliphatic carbocycles. The molecule has 17 heavy (non-hydrogen) atoms. The molecule has 1 aromatic heterocycles. The topological polar surface area (TPSA) is 22.1 Å². The van der Waals surface area contributed by atoms with Crippen LogP contribution in [0.15, 0.2) is 36.5 Å². The van der Waals surface area contributed by atoms with Gasteiger partial charge in [-0.1, -0.05) is 13.0 Å². The Hall–Kier alpha value is -1.83. The third-order valence-electron chi connectivity index (χ3n) is 2.88. The van der Waals surface area contributed by atoms with Gasteiger partial charge < -0.3 is 4.74 Å². The van der Waals surface area contributed by atoms with Crippen molar-refractivity contribution in [2.75, 3.05) is 0 Å². The Bertz CT molecular complexity index is 520. The Balaban J connectivity index is 2.25. The molecule has 2 aromatic rings. The molecule has 0 saturated heterocycles. The first-order valence-electron chi connectivity index (χ1n) is 5.89. The van der Waals surface area contributed by atoms with E-state index in [-0.39, 0.29) is 0 Å². The van der Waals surface area contributed by atoms with Crippen molar-refractivity contribution < 1.29 is 4.74 Å². The third kappa shape index (κ3) is 2.64. The predicted molar refractivity (Wildman–Crippen MR) is 69.6 cm³/mol. The molecule has 0 aliphatic heterocycles. The van der Waals surface area contributed by atoms with Gasteiger partial charge in [0.15, 0.2) is 0 Å². The van der Waals surface area contributed by atoms with Crippen molar-refractivity contribution in [2.24, 2.45) is 0 Å². The fourth-order valence-corrected chi connectivity index (χ4v) is 1.83. The summed E-state index contributed by atoms with van der Waals surface area (Å²) in [6, 6.07) is 10.0. The second-order valence-electron chi connectivity index (χ2n) is 4.13. The van der Waals surface area contributed by atoms with E-state index in [2.05, 4.69) is 31.0 Å². The maximum Gasteiger partial charge on any atom is 0.148 e. The van der Waals surface area contributed by atoms with E-state index in [0.29, 0.717) is 0 Å². The molecule has 1 heterocycles. The van der Waals surface area contributed by atoms with Gasteiger partial charge in [0.25, 0.3) is 0 Å². The highest BCUT2D eigenvalue weighted by atomic mass is 16.5. The van der Waals surface area contributed by atoms with Gasteiger partial charge in [-0.25, -0.2) is 0 Å². The van der Waals surface area contributed by atoms with E-state index < -0.39 is 0 Å². The molecule has 88 valence electrons. The van der Waals surface area contributed by atoms with Crippen LogP contribution in [-0.2, 0) is 6.42 Å². The van der Waals surface area contributed by atoms with Gasteiger partial charge in [0.1, 0.15) is 11.5 Å². The van der Waals surface area contributed by atoms with Gasteiger partial charge in [0, 0.05) is 6.20 Å². The van der Waals surface area contributed by atoms with E-state index in [4.69, 9.17) is 4.74 Å². The minimum absolute atomic E-state index is 0.816. The smallest absolute Gasteiger partial charge is 0.148 e. The molecule has 2 nitrogen and oxygen atoms in total. The minimum atomic E-state index is 0.816. The highest BCUT2D eigenvalue weighted by Gasteiger charge is 2.03. The molecule has 0 amide bonds. The zero-order valence-electron chi connectivity index (χ0n) is 10.5. The molecular weight excluding hydrogens is 210 g/mol. The maximum atomic E-state index is 5.83. The summed E-state index contributed by atoms with van der Waals surface area (Å²) in [6.45, 7) is 6.22. The van der Waals surface area contributed by atoms with E-state index in [1.165, 1.54) is 11.1 Å². The number of hydrogen-bond acceptors (Lipinski definition) is 2. The number of pyridine rings is 1. The fourth-order valence-electron chi connectivity index (χ4n) is 1.83. The molecular formula is C15H17NO. The minimum Gasteiger partial charge on any atom is -0.455 e. The van der Waals surface area contributed by atoms with Crippen molar-refractivity contribution in [3.63, 3.8) is 0 Å². The van der Waals surface area contributed by atoms with Gasteiger partial charge in [-0.3, -0.25) is 4.98 Å². The Morgan fingerprint density at radius 3 is 2.65 bits per heavy atom. The number of rotatable bonds is 3. The largest absolute Gasteiger partial charge is 0.455 e. The highest BCUT2D eigenvalue weighted by molar-refractivity contribution is 5.38. The van der Waals surface area contributed by atoms with E-state index in [9.17, 15) is 0 Å². The first-order chi connectivity index (χ1) is 8.20. The van der Waals surface area contributed by atoms with Gasteiger partial charge in [-0.2, -0.15) is 0 Å². The van der Waals surface area contributed by atoms with Gasteiger partial charge in [-0.05, 0) is 55.7 Å². The second kappa shape index (κ2) is 5.00. The molecule has 0 fully saturated rings. The summed E-state index contributed by atoms with van der Waals surface area (Å²) in [4.78, 5) is 4.21. The van der Waals surface area contributed by atoms with Crippen LogP contribution in [0.2, 0.25) is 0 Å². The van der Waals surface area contributed by atoms with Crippen LogP contribution in [0.25, 0.3) is 0 Å². The lowest BCUT2D eigenvalue weighted by molar-refractivity contribution is 0.475. The van der Waals surface area contributed by atoms with Gasteiger partial charge in [0.2, 0.25) is 0 Å². The highest BCUT2D eigenvalue weighted by Crippen LogP contribution is 2.25. The predicted octanol–water partition coefficient (Wildman–Crippen LogP) is 4.05. The normalized spacial score (nSPS) is 10.3. The van der Waals surface area contributed by atoms with Crippen LogP contribution >= 0.6 is 0 Å². The number of aromatic nitrogens is 1. The van der Waals surface area contributed by atoms with E-state index >= 15 is 0 Å². The molecule has 1 aromatic carbocycles. The van der Waals surface area contributed by atoms with E-state index in [1.54, 1.807) is 6.20 Å². The monoisotopic (exact) mass is 227 g/mol. The number of ether oxygens (including phenoxy) is 1. The molecule has 2 heteroatoms. The quantitative estimate of drug-likeness (QED) is 0.789. The molecule has 2 rings (SSSR count). The van der Waals surface area contributed by atoms with Crippen LogP contribution in [0.3, 0.4) is 0 Å². The van der Waals surface area contributed by atoms with Gasteiger partial charge in [0.05, 0.1) is 5.69 Å². The van der Waals surface area contributed by atoms with Gasteiger partial charge in [-0.15, -0.1) is 0 Å². The first-order valence-corrected chi connectivity index (χ1v) is 5.89. The van der Waals surface area contributed by atoms with E-state index in [1.807, 2.05) is 25.1 Å². The molecule has 0 bridgehead atoms. The summed E-state index contributed by atoms with van der Waals surface area (Å²) in [7, 11) is 0. The average Bonchev–Trinajstić information content (AvgIpc) is 2.32. The number of nitrogens with zero attached hydrogens (tertiary/aromatic N) is 1. The lowest BCUT2D eigenvalue weighted by Crippen LogP contribution is -1.92. The Morgan fingerprint density at radius 2 is 2.00 bits per heavy atom. The Morgan fingerprint density at radius 1 is 1.18 bits per heavy atom. The first kappa shape index (κ1) is 11.6. The van der Waals surface area contributed by atoms with Crippen molar-refractivity contribution >= 4 is 0 Å². The van der Waals surface area contributed by atoms with Crippen LogP contribution in [-0.4, -0.2) is 4.98 Å². The van der Waals surface area contributed by atoms with E-state index in [0.717, 1.165) is 23.6 Å². The van der Waals surface area contributed by atoms with Crippen LogP contribution in [0, 0.1) is 13.8 Å². The number of benzene rings is 1. The summed E-state index contributed by atoms with van der Waals surface area (Å²) in [5.41, 5.74) is 3.54. The van der Waals surface area contributed by atoms with Crippen LogP contribution in [0.4, 0.5) is 0 Å². The fraction of sp³-hybridized carbons (Fsp3) is 0.267. The third-order valence-corrected chi connectivity index (χ3v) is 2.88. The molecule has 0 radical (unpaired) electrons. The number of aryl methyl sites for hydroxylation is 3. The van der Waals surface area contributed by atoms with Crippen LogP contribution in [0.1, 0.15) is 23.7 Å². The van der Waals surface area contributed by atoms with Crippen LogP contribution < -0.4 is 4.74 Å². The molecule has 0 saturated carbocycles. The van der Waals surface area contributed by atoms with Gasteiger partial charge >= 0.3 is 0 Å². The zero-order valence-corrected chi connectivity index (χ0v) is 10.5. The SMILES string of the molecule is CCc1ccc(Oc2cccnc2C)cc1C. The average molecular weight is 227 g/mol. The van der Waals surface area contributed by atoms with Crippen molar-refractivity contribution in [2.45, 2.75) is 27.2 Å². The summed E-state index contributed by atoms with van der Waals surface area (Å²) < 4.78 is 5.83. The summed E-state index contributed by atoms with van der Waals surface area (Å²) in [6.07, 6.45) is 2.83. The molecule has 0 spiro atoms. The Kier molecular flexibility index (Phi) is 3.43. The maximum absolute atomic E-state index is 5.83. The van der Waals surface area contributed by atoms with Crippen molar-refractivity contribution in [3.05, 3.63) is 53.3 Å². The molecule has 0 N–H and O–H groups in total. The van der Waals surface area contributed by atoms with Crippen molar-refractivity contribution in [1.82, 2.24) is 4.98 Å². The Labute approximate surface area is 102 Å². The standard InChI is InChI=1S/C15H17NO/c1-4-13-7-8-14(10-11(13)2)17-15-6-5-9-16-12(15)3/h5-10H,4H2,1-3H3. The second-order valence-corrected chi connectivity index (χ2v) is 4.13. The summed E-state index contributed by atoms with van der Waals surface area (Å²) >= 11 is 0. The number of hydrogen-bond donors (Lipinski definition) is 0. The lowest BCUT2D eigenvalue weighted by atomic mass is 10.1.